The molecule has 21 heavy (non-hydrogen) atoms. The largest absolute Gasteiger partial charge is 0.323 e. The van der Waals surface area contributed by atoms with Crippen LogP contribution in [0.2, 0.25) is 0 Å². The summed E-state index contributed by atoms with van der Waals surface area (Å²) < 4.78 is 39.4. The van der Waals surface area contributed by atoms with Crippen LogP contribution in [0.25, 0.3) is 0 Å². The van der Waals surface area contributed by atoms with Crippen molar-refractivity contribution in [2.75, 3.05) is 6.54 Å². The third-order valence-corrected chi connectivity index (χ3v) is 4.32. The van der Waals surface area contributed by atoms with Crippen molar-refractivity contribution in [1.29, 1.82) is 0 Å². The lowest BCUT2D eigenvalue weighted by molar-refractivity contribution is 0.571. The molecule has 0 aliphatic heterocycles. The smallest absolute Gasteiger partial charge is 0.215 e. The second-order valence-corrected chi connectivity index (χ2v) is 6.56. The Labute approximate surface area is 123 Å². The summed E-state index contributed by atoms with van der Waals surface area (Å²) in [5.74, 6) is -0.726. The van der Waals surface area contributed by atoms with Crippen molar-refractivity contribution in [2.24, 2.45) is 5.73 Å². The van der Waals surface area contributed by atoms with Gasteiger partial charge in [0.25, 0.3) is 0 Å². The molecule has 6 heteroatoms. The van der Waals surface area contributed by atoms with Gasteiger partial charge >= 0.3 is 0 Å². The van der Waals surface area contributed by atoms with Crippen LogP contribution in [0.4, 0.5) is 4.39 Å². The minimum absolute atomic E-state index is 0.0989. The van der Waals surface area contributed by atoms with Crippen molar-refractivity contribution in [2.45, 2.75) is 11.8 Å². The van der Waals surface area contributed by atoms with Gasteiger partial charge in [-0.1, -0.05) is 42.5 Å². The van der Waals surface area contributed by atoms with Crippen LogP contribution >= 0.6 is 0 Å². The van der Waals surface area contributed by atoms with E-state index in [2.05, 4.69) is 4.72 Å². The Bertz CT molecular complexity index is 690. The van der Waals surface area contributed by atoms with Gasteiger partial charge in [0.2, 0.25) is 10.0 Å². The van der Waals surface area contributed by atoms with Crippen molar-refractivity contribution < 1.29 is 12.8 Å². The molecule has 2 rings (SSSR count). The lowest BCUT2D eigenvalue weighted by Crippen LogP contribution is -2.32. The Hall–Kier alpha value is -1.76. The molecule has 3 N–H and O–H groups in total. The van der Waals surface area contributed by atoms with Crippen LogP contribution in [-0.4, -0.2) is 15.0 Å². The van der Waals surface area contributed by atoms with Gasteiger partial charge in [0.05, 0.1) is 5.75 Å². The van der Waals surface area contributed by atoms with Gasteiger partial charge in [0, 0.05) is 12.6 Å². The molecule has 112 valence electrons. The van der Waals surface area contributed by atoms with E-state index in [1.807, 2.05) is 30.3 Å². The fourth-order valence-electron chi connectivity index (χ4n) is 1.93. The van der Waals surface area contributed by atoms with E-state index in [9.17, 15) is 12.8 Å². The molecule has 4 nitrogen and oxygen atoms in total. The summed E-state index contributed by atoms with van der Waals surface area (Å²) in [4.78, 5) is 0. The predicted molar refractivity (Wildman–Crippen MR) is 80.4 cm³/mol. The van der Waals surface area contributed by atoms with E-state index in [1.165, 1.54) is 18.2 Å². The summed E-state index contributed by atoms with van der Waals surface area (Å²) in [5, 5.41) is 0. The van der Waals surface area contributed by atoms with Crippen molar-refractivity contribution in [3.05, 3.63) is 71.5 Å². The molecule has 0 aliphatic rings. The number of hydrogen-bond acceptors (Lipinski definition) is 3. The highest BCUT2D eigenvalue weighted by molar-refractivity contribution is 7.88. The zero-order chi connectivity index (χ0) is 15.3. The molecular formula is C15H17FN2O2S. The molecule has 0 amide bonds. The fourth-order valence-corrected chi connectivity index (χ4v) is 3.09. The minimum Gasteiger partial charge on any atom is -0.323 e. The molecular weight excluding hydrogens is 291 g/mol. The number of hydrogen-bond donors (Lipinski definition) is 2. The normalized spacial score (nSPS) is 13.0. The van der Waals surface area contributed by atoms with Gasteiger partial charge < -0.3 is 5.73 Å². The van der Waals surface area contributed by atoms with Crippen LogP contribution in [0, 0.1) is 5.82 Å². The Morgan fingerprint density at radius 2 is 1.81 bits per heavy atom. The van der Waals surface area contributed by atoms with Gasteiger partial charge in [-0.25, -0.2) is 17.5 Å². The highest BCUT2D eigenvalue weighted by Crippen LogP contribution is 2.10. The van der Waals surface area contributed by atoms with Gasteiger partial charge in [0.1, 0.15) is 5.82 Å². The highest BCUT2D eigenvalue weighted by atomic mass is 32.2. The monoisotopic (exact) mass is 308 g/mol. The maximum absolute atomic E-state index is 13.0. The predicted octanol–water partition coefficient (Wildman–Crippen LogP) is 1.95. The van der Waals surface area contributed by atoms with E-state index >= 15 is 0 Å². The quantitative estimate of drug-likeness (QED) is 0.856. The molecule has 0 radical (unpaired) electrons. The molecule has 1 atom stereocenters. The second-order valence-electron chi connectivity index (χ2n) is 4.75. The fraction of sp³-hybridized carbons (Fsp3) is 0.200. The van der Waals surface area contributed by atoms with Crippen LogP contribution in [0.5, 0.6) is 0 Å². The number of sulfonamides is 1. The van der Waals surface area contributed by atoms with Crippen LogP contribution < -0.4 is 10.5 Å². The van der Waals surface area contributed by atoms with E-state index in [0.717, 1.165) is 5.56 Å². The van der Waals surface area contributed by atoms with Crippen molar-refractivity contribution >= 4 is 10.0 Å². The summed E-state index contributed by atoms with van der Waals surface area (Å²) in [7, 11) is -3.55. The van der Waals surface area contributed by atoms with Gasteiger partial charge in [-0.2, -0.15) is 0 Å². The van der Waals surface area contributed by atoms with E-state index in [0.29, 0.717) is 5.56 Å². The van der Waals surface area contributed by atoms with E-state index < -0.39 is 21.9 Å². The first-order valence-electron chi connectivity index (χ1n) is 6.48. The number of halogens is 1. The third kappa shape index (κ3) is 4.93. The average Bonchev–Trinajstić information content (AvgIpc) is 2.45. The van der Waals surface area contributed by atoms with Crippen LogP contribution in [0.15, 0.2) is 54.6 Å². The minimum atomic E-state index is -3.55. The van der Waals surface area contributed by atoms with E-state index in [1.54, 1.807) is 6.07 Å². The molecule has 0 fully saturated rings. The van der Waals surface area contributed by atoms with E-state index in [-0.39, 0.29) is 12.3 Å². The second kappa shape index (κ2) is 6.80. The molecule has 0 saturated carbocycles. The molecule has 0 unspecified atom stereocenters. The van der Waals surface area contributed by atoms with Gasteiger partial charge in [-0.05, 0) is 23.3 Å². The SMILES string of the molecule is N[C@@H](CNS(=O)(=O)Cc1cccc(F)c1)c1ccccc1. The Morgan fingerprint density at radius 3 is 2.48 bits per heavy atom. The van der Waals surface area contributed by atoms with Gasteiger partial charge in [-0.15, -0.1) is 0 Å². The first-order valence-corrected chi connectivity index (χ1v) is 8.14. The summed E-state index contributed by atoms with van der Waals surface area (Å²) >= 11 is 0. The maximum Gasteiger partial charge on any atom is 0.215 e. The molecule has 0 heterocycles. The molecule has 0 saturated heterocycles. The van der Waals surface area contributed by atoms with Crippen LogP contribution in [0.3, 0.4) is 0 Å². The van der Waals surface area contributed by atoms with Crippen molar-refractivity contribution in [3.63, 3.8) is 0 Å². The van der Waals surface area contributed by atoms with Gasteiger partial charge in [-0.3, -0.25) is 0 Å². The molecule has 0 aromatic heterocycles. The Balaban J connectivity index is 1.95. The van der Waals surface area contributed by atoms with Crippen molar-refractivity contribution in [1.82, 2.24) is 4.72 Å². The maximum atomic E-state index is 13.0. The molecule has 0 bridgehead atoms. The van der Waals surface area contributed by atoms with E-state index in [4.69, 9.17) is 5.73 Å². The zero-order valence-corrected chi connectivity index (χ0v) is 12.2. The Morgan fingerprint density at radius 1 is 1.10 bits per heavy atom. The topological polar surface area (TPSA) is 72.2 Å². The number of benzene rings is 2. The van der Waals surface area contributed by atoms with Crippen molar-refractivity contribution in [3.8, 4) is 0 Å². The summed E-state index contributed by atoms with van der Waals surface area (Å²) in [6.07, 6.45) is 0. The summed E-state index contributed by atoms with van der Waals surface area (Å²) in [5.41, 5.74) is 7.18. The third-order valence-electron chi connectivity index (χ3n) is 3.00. The standard InChI is InChI=1S/C15H17FN2O2S/c16-14-8-4-5-12(9-14)11-21(19,20)18-10-15(17)13-6-2-1-3-7-13/h1-9,15,18H,10-11,17H2/t15-/m0/s1. The van der Waals surface area contributed by atoms with Crippen LogP contribution in [-0.2, 0) is 15.8 Å². The average molecular weight is 308 g/mol. The Kier molecular flexibility index (Phi) is 5.06. The summed E-state index contributed by atoms with van der Waals surface area (Å²) in [6, 6.07) is 14.3. The number of nitrogens with two attached hydrogens (primary N) is 1. The summed E-state index contributed by atoms with van der Waals surface area (Å²) in [6.45, 7) is 0.0989. The molecule has 0 aliphatic carbocycles. The lowest BCUT2D eigenvalue weighted by Gasteiger charge is -2.13. The zero-order valence-electron chi connectivity index (χ0n) is 11.4. The first kappa shape index (κ1) is 15.6. The molecule has 2 aromatic rings. The first-order chi connectivity index (χ1) is 9.96. The molecule has 2 aromatic carbocycles. The lowest BCUT2D eigenvalue weighted by atomic mass is 10.1. The molecule has 0 spiro atoms. The highest BCUT2D eigenvalue weighted by Gasteiger charge is 2.14. The van der Waals surface area contributed by atoms with Gasteiger partial charge in [0.15, 0.2) is 0 Å². The van der Waals surface area contributed by atoms with Crippen LogP contribution in [0.1, 0.15) is 17.2 Å². The number of nitrogens with one attached hydrogen (secondary N) is 1. The number of rotatable bonds is 6.